The highest BCUT2D eigenvalue weighted by Gasteiger charge is 2.11. The molecule has 0 bridgehead atoms. The van der Waals surface area contributed by atoms with Crippen molar-refractivity contribution in [2.24, 2.45) is 0 Å². The minimum Gasteiger partial charge on any atom is -0.489 e. The van der Waals surface area contributed by atoms with Crippen molar-refractivity contribution >= 4 is 17.5 Å². The summed E-state index contributed by atoms with van der Waals surface area (Å²) in [6.45, 7) is 8.11. The second-order valence-electron chi connectivity index (χ2n) is 4.54. The van der Waals surface area contributed by atoms with E-state index in [0.29, 0.717) is 6.54 Å². The largest absolute Gasteiger partial charge is 0.489 e. The van der Waals surface area contributed by atoms with E-state index in [4.69, 9.17) is 16.3 Å². The third kappa shape index (κ3) is 4.57. The van der Waals surface area contributed by atoms with Gasteiger partial charge in [0.1, 0.15) is 17.2 Å². The summed E-state index contributed by atoms with van der Waals surface area (Å²) in [7, 11) is 0. The molecule has 3 nitrogen and oxygen atoms in total. The fourth-order valence-electron chi connectivity index (χ4n) is 1.45. The summed E-state index contributed by atoms with van der Waals surface area (Å²) in [5.41, 5.74) is 2.43. The minimum atomic E-state index is -0.515. The number of alkyl halides is 1. The Bertz CT molecular complexity index is 418. The van der Waals surface area contributed by atoms with E-state index in [1.54, 1.807) is 6.92 Å². The van der Waals surface area contributed by atoms with Gasteiger partial charge in [0.2, 0.25) is 5.91 Å². The number of amides is 1. The molecule has 1 aromatic rings. The maximum Gasteiger partial charge on any atom is 0.237 e. The third-order valence-electron chi connectivity index (χ3n) is 2.74. The Kier molecular flexibility index (Phi) is 5.48. The summed E-state index contributed by atoms with van der Waals surface area (Å²) in [5, 5.41) is 2.22. The van der Waals surface area contributed by atoms with Gasteiger partial charge in [0.15, 0.2) is 0 Å². The summed E-state index contributed by atoms with van der Waals surface area (Å²) < 4.78 is 5.72. The summed E-state index contributed by atoms with van der Waals surface area (Å²) in [6, 6.07) is 5.96. The average molecular weight is 270 g/mol. The first kappa shape index (κ1) is 14.8. The molecule has 0 saturated heterocycles. The van der Waals surface area contributed by atoms with Gasteiger partial charge in [0, 0.05) is 0 Å². The zero-order valence-electron chi connectivity index (χ0n) is 11.3. The van der Waals surface area contributed by atoms with Crippen molar-refractivity contribution in [1.82, 2.24) is 5.32 Å². The maximum atomic E-state index is 11.3. The Morgan fingerprint density at radius 3 is 2.56 bits per heavy atom. The standard InChI is InChI=1S/C14H20ClNO2/c1-9-5-6-13(7-10(9)2)18-11(3)8-16-14(17)12(4)15/h5-7,11-12H,8H2,1-4H3,(H,16,17). The van der Waals surface area contributed by atoms with Crippen molar-refractivity contribution in [3.63, 3.8) is 0 Å². The first-order chi connectivity index (χ1) is 8.40. The number of carbonyl (C=O) groups excluding carboxylic acids is 1. The predicted molar refractivity (Wildman–Crippen MR) is 74.3 cm³/mol. The van der Waals surface area contributed by atoms with Crippen LogP contribution in [-0.4, -0.2) is 23.9 Å². The lowest BCUT2D eigenvalue weighted by Gasteiger charge is -2.16. The lowest BCUT2D eigenvalue weighted by atomic mass is 10.1. The van der Waals surface area contributed by atoms with Crippen LogP contribution in [0, 0.1) is 13.8 Å². The number of halogens is 1. The van der Waals surface area contributed by atoms with Crippen molar-refractivity contribution in [3.8, 4) is 5.75 Å². The van der Waals surface area contributed by atoms with Gasteiger partial charge in [-0.15, -0.1) is 11.6 Å². The molecule has 0 spiro atoms. The highest BCUT2D eigenvalue weighted by molar-refractivity contribution is 6.30. The second-order valence-corrected chi connectivity index (χ2v) is 5.19. The number of hydrogen-bond donors (Lipinski definition) is 1. The number of nitrogens with one attached hydrogen (secondary N) is 1. The SMILES string of the molecule is Cc1ccc(OC(C)CNC(=O)C(C)Cl)cc1C. The fourth-order valence-corrected chi connectivity index (χ4v) is 1.52. The van der Waals surface area contributed by atoms with Crippen LogP contribution in [0.3, 0.4) is 0 Å². The molecule has 0 radical (unpaired) electrons. The van der Waals surface area contributed by atoms with E-state index < -0.39 is 5.38 Å². The van der Waals surface area contributed by atoms with Gasteiger partial charge >= 0.3 is 0 Å². The van der Waals surface area contributed by atoms with E-state index in [-0.39, 0.29) is 12.0 Å². The summed E-state index contributed by atoms with van der Waals surface area (Å²) >= 11 is 5.66. The zero-order chi connectivity index (χ0) is 13.7. The van der Waals surface area contributed by atoms with Crippen LogP contribution in [0.5, 0.6) is 5.75 Å². The fraction of sp³-hybridized carbons (Fsp3) is 0.500. The second kappa shape index (κ2) is 6.64. The molecule has 0 aliphatic carbocycles. The Morgan fingerprint density at radius 1 is 1.33 bits per heavy atom. The molecule has 1 N–H and O–H groups in total. The smallest absolute Gasteiger partial charge is 0.237 e. The lowest BCUT2D eigenvalue weighted by molar-refractivity contribution is -0.120. The van der Waals surface area contributed by atoms with E-state index >= 15 is 0 Å². The summed E-state index contributed by atoms with van der Waals surface area (Å²) in [5.74, 6) is 0.644. The highest BCUT2D eigenvalue weighted by Crippen LogP contribution is 2.17. The molecular weight excluding hydrogens is 250 g/mol. The monoisotopic (exact) mass is 269 g/mol. The first-order valence-electron chi connectivity index (χ1n) is 6.06. The molecule has 2 unspecified atom stereocenters. The molecule has 1 rings (SSSR count). The lowest BCUT2D eigenvalue weighted by Crippen LogP contribution is -2.36. The van der Waals surface area contributed by atoms with Crippen LogP contribution in [0.15, 0.2) is 18.2 Å². The van der Waals surface area contributed by atoms with Crippen molar-refractivity contribution in [1.29, 1.82) is 0 Å². The number of benzene rings is 1. The molecular formula is C14H20ClNO2. The van der Waals surface area contributed by atoms with Gasteiger partial charge in [0.25, 0.3) is 0 Å². The number of carbonyl (C=O) groups is 1. The molecule has 18 heavy (non-hydrogen) atoms. The number of rotatable bonds is 5. The topological polar surface area (TPSA) is 38.3 Å². The number of aryl methyl sites for hydroxylation is 2. The van der Waals surface area contributed by atoms with Gasteiger partial charge < -0.3 is 10.1 Å². The molecule has 4 heteroatoms. The molecule has 0 aliphatic rings. The third-order valence-corrected chi connectivity index (χ3v) is 2.94. The van der Waals surface area contributed by atoms with Crippen LogP contribution in [0.25, 0.3) is 0 Å². The average Bonchev–Trinajstić information content (AvgIpc) is 2.30. The van der Waals surface area contributed by atoms with Crippen molar-refractivity contribution in [2.45, 2.75) is 39.2 Å². The molecule has 100 valence electrons. The van der Waals surface area contributed by atoms with Crippen molar-refractivity contribution in [3.05, 3.63) is 29.3 Å². The van der Waals surface area contributed by atoms with Crippen LogP contribution in [0.4, 0.5) is 0 Å². The van der Waals surface area contributed by atoms with Crippen molar-refractivity contribution < 1.29 is 9.53 Å². The van der Waals surface area contributed by atoms with E-state index in [1.807, 2.05) is 32.0 Å². The van der Waals surface area contributed by atoms with Gasteiger partial charge in [-0.3, -0.25) is 4.79 Å². The Balaban J connectivity index is 2.47. The molecule has 0 aliphatic heterocycles. The normalized spacial score (nSPS) is 13.8. The predicted octanol–water partition coefficient (Wildman–Crippen LogP) is 2.81. The van der Waals surface area contributed by atoms with Crippen molar-refractivity contribution in [2.75, 3.05) is 6.54 Å². The maximum absolute atomic E-state index is 11.3. The molecule has 1 aromatic carbocycles. The molecule has 0 fully saturated rings. The Labute approximate surface area is 113 Å². The van der Waals surface area contributed by atoms with Gasteiger partial charge in [-0.05, 0) is 51.0 Å². The van der Waals surface area contributed by atoms with Crippen LogP contribution in [0.2, 0.25) is 0 Å². The molecule has 0 aromatic heterocycles. The van der Waals surface area contributed by atoms with Gasteiger partial charge in [-0.2, -0.15) is 0 Å². The van der Waals surface area contributed by atoms with E-state index in [1.165, 1.54) is 11.1 Å². The van der Waals surface area contributed by atoms with Gasteiger partial charge in [-0.25, -0.2) is 0 Å². The molecule has 2 atom stereocenters. The van der Waals surface area contributed by atoms with Gasteiger partial charge in [-0.1, -0.05) is 6.07 Å². The molecule has 0 saturated carbocycles. The van der Waals surface area contributed by atoms with Crippen LogP contribution < -0.4 is 10.1 Å². The molecule has 0 heterocycles. The van der Waals surface area contributed by atoms with Crippen LogP contribution in [-0.2, 0) is 4.79 Å². The van der Waals surface area contributed by atoms with E-state index in [0.717, 1.165) is 5.75 Å². The molecule has 1 amide bonds. The van der Waals surface area contributed by atoms with Crippen LogP contribution in [0.1, 0.15) is 25.0 Å². The highest BCUT2D eigenvalue weighted by atomic mass is 35.5. The van der Waals surface area contributed by atoms with E-state index in [2.05, 4.69) is 12.2 Å². The quantitative estimate of drug-likeness (QED) is 0.835. The Hall–Kier alpha value is -1.22. The summed E-state index contributed by atoms with van der Waals surface area (Å²) in [4.78, 5) is 11.3. The minimum absolute atomic E-state index is 0.0912. The number of ether oxygens (including phenoxy) is 1. The first-order valence-corrected chi connectivity index (χ1v) is 6.49. The zero-order valence-corrected chi connectivity index (χ0v) is 12.0. The number of hydrogen-bond acceptors (Lipinski definition) is 2. The van der Waals surface area contributed by atoms with E-state index in [9.17, 15) is 4.79 Å². The Morgan fingerprint density at radius 2 is 2.00 bits per heavy atom. The van der Waals surface area contributed by atoms with Gasteiger partial charge in [0.05, 0.1) is 6.54 Å². The van der Waals surface area contributed by atoms with Crippen LogP contribution >= 0.6 is 11.6 Å². The summed E-state index contributed by atoms with van der Waals surface area (Å²) in [6.07, 6.45) is -0.0912.